The van der Waals surface area contributed by atoms with E-state index in [0.717, 1.165) is 27.2 Å². The maximum atomic E-state index is 13.0. The van der Waals surface area contributed by atoms with Crippen molar-refractivity contribution >= 4 is 22.6 Å². The van der Waals surface area contributed by atoms with Crippen LogP contribution in [0.1, 0.15) is 18.6 Å². The minimum absolute atomic E-state index is 0.217. The van der Waals surface area contributed by atoms with Gasteiger partial charge in [0.1, 0.15) is 17.3 Å². The molecule has 4 heteroatoms. The highest BCUT2D eigenvalue weighted by molar-refractivity contribution is 14.1. The van der Waals surface area contributed by atoms with Gasteiger partial charge in [0, 0.05) is 15.2 Å². The summed E-state index contributed by atoms with van der Waals surface area (Å²) in [5.74, 6) is 1.51. The largest absolute Gasteiger partial charge is 0.460 e. The second kappa shape index (κ2) is 5.01. The monoisotopic (exact) mass is 357 g/mol. The molecule has 1 aromatic carbocycles. The maximum absolute atomic E-state index is 13.0. The van der Waals surface area contributed by atoms with Crippen molar-refractivity contribution in [1.82, 2.24) is 5.32 Å². The highest BCUT2D eigenvalue weighted by atomic mass is 127. The Morgan fingerprint density at radius 1 is 1.28 bits per heavy atom. The number of benzene rings is 1. The zero-order valence-electron chi connectivity index (χ0n) is 9.75. The molecule has 1 aromatic heterocycles. The van der Waals surface area contributed by atoms with E-state index < -0.39 is 0 Å². The van der Waals surface area contributed by atoms with E-state index in [1.165, 1.54) is 25.0 Å². The summed E-state index contributed by atoms with van der Waals surface area (Å²) in [6.07, 6.45) is 2.53. The summed E-state index contributed by atoms with van der Waals surface area (Å²) < 4.78 is 19.7. The molecule has 0 unspecified atom stereocenters. The molecule has 0 amide bonds. The molecule has 2 nitrogen and oxygen atoms in total. The molecule has 1 heterocycles. The lowest BCUT2D eigenvalue weighted by Crippen LogP contribution is -2.14. The van der Waals surface area contributed by atoms with Crippen LogP contribution in [0, 0.1) is 9.39 Å². The lowest BCUT2D eigenvalue weighted by Gasteiger charge is -2.02. The summed E-state index contributed by atoms with van der Waals surface area (Å²) in [6, 6.07) is 9.32. The van der Waals surface area contributed by atoms with E-state index in [9.17, 15) is 4.39 Å². The Hall–Kier alpha value is -0.880. The van der Waals surface area contributed by atoms with Crippen LogP contribution in [0.5, 0.6) is 0 Å². The van der Waals surface area contributed by atoms with Gasteiger partial charge in [-0.05, 0) is 65.8 Å². The first kappa shape index (κ1) is 12.2. The van der Waals surface area contributed by atoms with Gasteiger partial charge in [0.25, 0.3) is 0 Å². The van der Waals surface area contributed by atoms with Crippen LogP contribution in [0.3, 0.4) is 0 Å². The topological polar surface area (TPSA) is 25.2 Å². The number of nitrogens with one attached hydrogen (secondary N) is 1. The Balaban J connectivity index is 1.78. The first-order valence-electron chi connectivity index (χ1n) is 6.00. The molecule has 1 aliphatic rings. The molecular formula is C14H13FINO. The number of halogens is 2. The fourth-order valence-electron chi connectivity index (χ4n) is 1.84. The predicted molar refractivity (Wildman–Crippen MR) is 76.7 cm³/mol. The van der Waals surface area contributed by atoms with Crippen molar-refractivity contribution < 1.29 is 8.81 Å². The summed E-state index contributed by atoms with van der Waals surface area (Å²) in [5.41, 5.74) is 0.940. The maximum Gasteiger partial charge on any atom is 0.135 e. The van der Waals surface area contributed by atoms with Crippen LogP contribution in [0.4, 0.5) is 4.39 Å². The summed E-state index contributed by atoms with van der Waals surface area (Å²) in [6.45, 7) is 0.766. The van der Waals surface area contributed by atoms with Gasteiger partial charge in [-0.3, -0.25) is 0 Å². The second-order valence-electron chi connectivity index (χ2n) is 4.55. The molecule has 3 rings (SSSR count). The van der Waals surface area contributed by atoms with Crippen LogP contribution >= 0.6 is 22.6 Å². The summed E-state index contributed by atoms with van der Waals surface area (Å²) in [4.78, 5) is 0. The molecule has 1 saturated carbocycles. The minimum Gasteiger partial charge on any atom is -0.460 e. The highest BCUT2D eigenvalue weighted by Gasteiger charge is 2.20. The fourth-order valence-corrected chi connectivity index (χ4v) is 2.58. The Morgan fingerprint density at radius 3 is 2.83 bits per heavy atom. The highest BCUT2D eigenvalue weighted by Crippen LogP contribution is 2.28. The molecule has 0 bridgehead atoms. The lowest BCUT2D eigenvalue weighted by molar-refractivity contribution is 0.492. The van der Waals surface area contributed by atoms with Crippen LogP contribution in [-0.4, -0.2) is 6.04 Å². The van der Waals surface area contributed by atoms with Crippen molar-refractivity contribution in [2.45, 2.75) is 25.4 Å². The van der Waals surface area contributed by atoms with E-state index in [0.29, 0.717) is 6.04 Å². The van der Waals surface area contributed by atoms with E-state index in [4.69, 9.17) is 4.42 Å². The van der Waals surface area contributed by atoms with Gasteiger partial charge in [-0.2, -0.15) is 0 Å². The number of hydrogen-bond donors (Lipinski definition) is 1. The Labute approximate surface area is 119 Å². The first-order valence-corrected chi connectivity index (χ1v) is 7.08. The third-order valence-corrected chi connectivity index (χ3v) is 3.89. The van der Waals surface area contributed by atoms with Gasteiger partial charge in [0.15, 0.2) is 0 Å². The van der Waals surface area contributed by atoms with Crippen molar-refractivity contribution in [2.24, 2.45) is 0 Å². The average Bonchev–Trinajstić information content (AvgIpc) is 3.05. The molecule has 1 aliphatic carbocycles. The zero-order valence-corrected chi connectivity index (χ0v) is 11.9. The van der Waals surface area contributed by atoms with Gasteiger partial charge in [0.05, 0.1) is 6.54 Å². The Kier molecular flexibility index (Phi) is 3.39. The van der Waals surface area contributed by atoms with E-state index in [1.54, 1.807) is 6.07 Å². The van der Waals surface area contributed by atoms with Crippen LogP contribution in [0.2, 0.25) is 0 Å². The average molecular weight is 357 g/mol. The van der Waals surface area contributed by atoms with Gasteiger partial charge >= 0.3 is 0 Å². The quantitative estimate of drug-likeness (QED) is 0.839. The molecule has 0 spiro atoms. The molecular weight excluding hydrogens is 344 g/mol. The number of hydrogen-bond acceptors (Lipinski definition) is 2. The summed E-state index contributed by atoms with van der Waals surface area (Å²) in [5, 5.41) is 3.41. The van der Waals surface area contributed by atoms with Gasteiger partial charge in [-0.1, -0.05) is 0 Å². The van der Waals surface area contributed by atoms with E-state index in [1.807, 2.05) is 12.1 Å². The third kappa shape index (κ3) is 2.75. The normalized spacial score (nSPS) is 15.0. The SMILES string of the molecule is Fc1ccc(-c2ccc(CNC3CC3)o2)c(I)c1. The van der Waals surface area contributed by atoms with Gasteiger partial charge in [-0.25, -0.2) is 4.39 Å². The van der Waals surface area contributed by atoms with Crippen LogP contribution in [0.25, 0.3) is 11.3 Å². The molecule has 0 atom stereocenters. The minimum atomic E-state index is -0.217. The van der Waals surface area contributed by atoms with Crippen LogP contribution in [-0.2, 0) is 6.54 Å². The summed E-state index contributed by atoms with van der Waals surface area (Å²) >= 11 is 2.13. The van der Waals surface area contributed by atoms with Gasteiger partial charge in [0.2, 0.25) is 0 Å². The van der Waals surface area contributed by atoms with E-state index in [2.05, 4.69) is 27.9 Å². The fraction of sp³-hybridized carbons (Fsp3) is 0.286. The zero-order chi connectivity index (χ0) is 12.5. The Bertz CT molecular complexity index is 563. The van der Waals surface area contributed by atoms with Crippen molar-refractivity contribution in [3.8, 4) is 11.3 Å². The predicted octanol–water partition coefficient (Wildman–Crippen LogP) is 3.94. The van der Waals surface area contributed by atoms with Crippen LogP contribution in [0.15, 0.2) is 34.7 Å². The number of rotatable bonds is 4. The van der Waals surface area contributed by atoms with E-state index >= 15 is 0 Å². The molecule has 1 fully saturated rings. The molecule has 0 aliphatic heterocycles. The first-order chi connectivity index (χ1) is 8.72. The Morgan fingerprint density at radius 2 is 2.11 bits per heavy atom. The standard InChI is InChI=1S/C14H13FINO/c15-9-1-5-12(13(16)7-9)14-6-4-11(18-14)8-17-10-2-3-10/h1,4-7,10,17H,2-3,8H2. The third-order valence-electron chi connectivity index (χ3n) is 3.00. The lowest BCUT2D eigenvalue weighted by atomic mass is 10.2. The molecule has 1 N–H and O–H groups in total. The van der Waals surface area contributed by atoms with E-state index in [-0.39, 0.29) is 5.82 Å². The smallest absolute Gasteiger partial charge is 0.135 e. The second-order valence-corrected chi connectivity index (χ2v) is 5.71. The number of furan rings is 1. The van der Waals surface area contributed by atoms with Crippen molar-refractivity contribution in [1.29, 1.82) is 0 Å². The van der Waals surface area contributed by atoms with Crippen molar-refractivity contribution in [3.63, 3.8) is 0 Å². The molecule has 18 heavy (non-hydrogen) atoms. The molecule has 94 valence electrons. The van der Waals surface area contributed by atoms with Gasteiger partial charge < -0.3 is 9.73 Å². The van der Waals surface area contributed by atoms with Crippen molar-refractivity contribution in [2.75, 3.05) is 0 Å². The molecule has 0 radical (unpaired) electrons. The van der Waals surface area contributed by atoms with Gasteiger partial charge in [-0.15, -0.1) is 0 Å². The van der Waals surface area contributed by atoms with Crippen LogP contribution < -0.4 is 5.32 Å². The van der Waals surface area contributed by atoms with Crippen molar-refractivity contribution in [3.05, 3.63) is 45.5 Å². The molecule has 0 saturated heterocycles. The molecule has 2 aromatic rings. The summed E-state index contributed by atoms with van der Waals surface area (Å²) in [7, 11) is 0.